The van der Waals surface area contributed by atoms with Crippen molar-refractivity contribution in [3.05, 3.63) is 52.1 Å². The quantitative estimate of drug-likeness (QED) is 0.800. The summed E-state index contributed by atoms with van der Waals surface area (Å²) in [7, 11) is 0. The number of rotatable bonds is 3. The lowest BCUT2D eigenvalue weighted by Crippen LogP contribution is -2.51. The first-order valence-electron chi connectivity index (χ1n) is 11.8. The van der Waals surface area contributed by atoms with E-state index >= 15 is 0 Å². The second kappa shape index (κ2) is 7.21. The molecule has 6 nitrogen and oxygen atoms in total. The Kier molecular flexibility index (Phi) is 4.44. The van der Waals surface area contributed by atoms with Crippen molar-refractivity contribution in [1.29, 1.82) is 0 Å². The Labute approximate surface area is 181 Å². The van der Waals surface area contributed by atoms with Gasteiger partial charge in [-0.1, -0.05) is 18.6 Å². The van der Waals surface area contributed by atoms with Gasteiger partial charge >= 0.3 is 5.97 Å². The molecule has 1 aromatic carbocycles. The summed E-state index contributed by atoms with van der Waals surface area (Å²) in [5.74, 6) is 0.368. The van der Waals surface area contributed by atoms with E-state index in [0.717, 1.165) is 43.0 Å². The highest BCUT2D eigenvalue weighted by molar-refractivity contribution is 5.88. The summed E-state index contributed by atoms with van der Waals surface area (Å²) < 4.78 is 1.75. The summed E-state index contributed by atoms with van der Waals surface area (Å²) >= 11 is 0. The minimum Gasteiger partial charge on any atom is -0.476 e. The second-order valence-electron chi connectivity index (χ2n) is 9.93. The summed E-state index contributed by atoms with van der Waals surface area (Å²) in [6, 6.07) is 8.31. The summed E-state index contributed by atoms with van der Waals surface area (Å²) in [6.07, 6.45) is 13.3. The van der Waals surface area contributed by atoms with Crippen LogP contribution in [0.2, 0.25) is 0 Å². The molecule has 6 heteroatoms. The van der Waals surface area contributed by atoms with E-state index in [2.05, 4.69) is 16.1 Å². The molecule has 0 spiro atoms. The lowest BCUT2D eigenvalue weighted by atomic mass is 9.61. The van der Waals surface area contributed by atoms with E-state index < -0.39 is 11.5 Å². The average molecular weight is 420 g/mol. The molecular weight excluding hydrogens is 390 g/mol. The van der Waals surface area contributed by atoms with Gasteiger partial charge in [0.15, 0.2) is 0 Å². The van der Waals surface area contributed by atoms with Crippen molar-refractivity contribution in [2.45, 2.75) is 75.9 Å². The molecule has 0 amide bonds. The maximum atomic E-state index is 13.2. The highest BCUT2D eigenvalue weighted by Gasteiger charge is 2.42. The lowest BCUT2D eigenvalue weighted by Gasteiger charge is -2.52. The zero-order chi connectivity index (χ0) is 21.1. The average Bonchev–Trinajstić information content (AvgIpc) is 2.77. The Balaban J connectivity index is 1.37. The number of piperidine rings is 2. The first-order valence-corrected chi connectivity index (χ1v) is 11.8. The van der Waals surface area contributed by atoms with Crippen molar-refractivity contribution in [3.63, 3.8) is 0 Å². The van der Waals surface area contributed by atoms with Crippen molar-refractivity contribution in [2.24, 2.45) is 11.8 Å². The minimum atomic E-state index is -1.25. The number of hydrogen-bond donors (Lipinski definition) is 1. The molecule has 3 heterocycles. The van der Waals surface area contributed by atoms with E-state index in [9.17, 15) is 14.7 Å². The molecule has 6 rings (SSSR count). The molecule has 4 fully saturated rings. The van der Waals surface area contributed by atoms with Gasteiger partial charge < -0.3 is 14.6 Å². The molecule has 0 radical (unpaired) electrons. The van der Waals surface area contributed by atoms with Gasteiger partial charge in [0, 0.05) is 18.1 Å². The van der Waals surface area contributed by atoms with Crippen LogP contribution in [0.1, 0.15) is 74.3 Å². The van der Waals surface area contributed by atoms with Crippen LogP contribution >= 0.6 is 0 Å². The van der Waals surface area contributed by atoms with E-state index in [4.69, 9.17) is 0 Å². The fourth-order valence-electron chi connectivity index (χ4n) is 6.82. The highest BCUT2D eigenvalue weighted by atomic mass is 16.4. The molecule has 2 aliphatic carbocycles. The first-order chi connectivity index (χ1) is 15.1. The van der Waals surface area contributed by atoms with Crippen molar-refractivity contribution < 1.29 is 9.90 Å². The van der Waals surface area contributed by atoms with E-state index in [1.807, 2.05) is 18.2 Å². The molecule has 2 aliphatic heterocycles. The molecule has 2 saturated heterocycles. The summed E-state index contributed by atoms with van der Waals surface area (Å²) in [5, 5.41) is 9.57. The summed E-state index contributed by atoms with van der Waals surface area (Å²) in [6.45, 7) is 0. The van der Waals surface area contributed by atoms with Crippen LogP contribution in [0.25, 0.3) is 11.0 Å². The number of fused-ring (bicyclic) bond motifs is 5. The Morgan fingerprint density at radius 2 is 1.65 bits per heavy atom. The topological polar surface area (TPSA) is 75.4 Å². The molecule has 1 N–H and O–H groups in total. The number of aromatic carboxylic acids is 1. The van der Waals surface area contributed by atoms with Crippen molar-refractivity contribution in [3.8, 4) is 0 Å². The second-order valence-corrected chi connectivity index (χ2v) is 9.93. The van der Waals surface area contributed by atoms with Crippen molar-refractivity contribution in [2.75, 3.05) is 0 Å². The van der Waals surface area contributed by atoms with E-state index in [1.165, 1.54) is 32.1 Å². The Morgan fingerprint density at radius 1 is 0.968 bits per heavy atom. The molecule has 31 heavy (non-hydrogen) atoms. The molecule has 4 aliphatic rings. The smallest absolute Gasteiger partial charge is 0.360 e. The lowest BCUT2D eigenvalue weighted by molar-refractivity contribution is 0.0531. The standard InChI is InChI=1S/C25H29N3O3/c29-24-23(25(30)31)26-21-9-1-2-10-22(21)28(24)19-12-17-7-4-8-18(13-19)27(17)14-20-15-5-3-6-16(20)11-15/h1-2,9-10,14-19H,3-8,11-13H2,(H,30,31)/t15?,16?,17-,18+,19?. The Bertz CT molecular complexity index is 1110. The van der Waals surface area contributed by atoms with Gasteiger partial charge in [-0.15, -0.1) is 0 Å². The normalized spacial score (nSPS) is 31.9. The number of carboxylic acid groups (broad SMARTS) is 1. The van der Waals surface area contributed by atoms with Crippen LogP contribution in [0.4, 0.5) is 0 Å². The monoisotopic (exact) mass is 419 g/mol. The highest BCUT2D eigenvalue weighted by Crippen LogP contribution is 2.51. The molecule has 3 unspecified atom stereocenters. The molecule has 2 saturated carbocycles. The van der Waals surface area contributed by atoms with E-state index in [0.29, 0.717) is 17.6 Å². The predicted octanol–water partition coefficient (Wildman–Crippen LogP) is 4.36. The summed E-state index contributed by atoms with van der Waals surface area (Å²) in [4.78, 5) is 31.7. The maximum absolute atomic E-state index is 13.2. The minimum absolute atomic E-state index is 0.0179. The van der Waals surface area contributed by atoms with Gasteiger partial charge in [0.25, 0.3) is 5.56 Å². The predicted molar refractivity (Wildman–Crippen MR) is 118 cm³/mol. The van der Waals surface area contributed by atoms with Gasteiger partial charge in [-0.2, -0.15) is 0 Å². The SMILES string of the molecule is O=C(O)c1nc2ccccc2n(C2C[C@H]3CCC[C@@H](C2)N3C=C2C3CCCC2C3)c1=O. The molecule has 162 valence electrons. The largest absolute Gasteiger partial charge is 0.476 e. The van der Waals surface area contributed by atoms with Crippen LogP contribution < -0.4 is 5.56 Å². The van der Waals surface area contributed by atoms with Gasteiger partial charge in [0.2, 0.25) is 5.69 Å². The number of carboxylic acids is 1. The van der Waals surface area contributed by atoms with Gasteiger partial charge in [0.05, 0.1) is 11.0 Å². The van der Waals surface area contributed by atoms with Crippen LogP contribution in [-0.2, 0) is 0 Å². The van der Waals surface area contributed by atoms with Gasteiger partial charge in [-0.25, -0.2) is 9.78 Å². The first kappa shape index (κ1) is 19.1. The third kappa shape index (κ3) is 3.02. The fourth-order valence-corrected chi connectivity index (χ4v) is 6.82. The fraction of sp³-hybridized carbons (Fsp3) is 0.560. The molecule has 4 bridgehead atoms. The number of benzene rings is 1. The van der Waals surface area contributed by atoms with E-state index in [-0.39, 0.29) is 11.7 Å². The van der Waals surface area contributed by atoms with Crippen LogP contribution in [0.5, 0.6) is 0 Å². The molecule has 2 aromatic rings. The summed E-state index contributed by atoms with van der Waals surface area (Å²) in [5.41, 5.74) is 2.18. The van der Waals surface area contributed by atoms with E-state index in [1.54, 1.807) is 16.2 Å². The zero-order valence-corrected chi connectivity index (χ0v) is 17.7. The Hall–Kier alpha value is -2.63. The maximum Gasteiger partial charge on any atom is 0.360 e. The van der Waals surface area contributed by atoms with Gasteiger partial charge in [0.1, 0.15) is 0 Å². The van der Waals surface area contributed by atoms with Crippen LogP contribution in [-0.4, -0.2) is 37.6 Å². The third-order valence-electron chi connectivity index (χ3n) is 8.28. The van der Waals surface area contributed by atoms with Crippen molar-refractivity contribution in [1.82, 2.24) is 14.5 Å². The molecule has 1 aromatic heterocycles. The number of para-hydroxylation sites is 2. The Morgan fingerprint density at radius 3 is 2.32 bits per heavy atom. The van der Waals surface area contributed by atoms with Crippen LogP contribution in [0.3, 0.4) is 0 Å². The van der Waals surface area contributed by atoms with Gasteiger partial charge in [-0.05, 0) is 87.1 Å². The zero-order valence-electron chi connectivity index (χ0n) is 17.7. The number of allylic oxidation sites excluding steroid dienone is 1. The molecule has 5 atom stereocenters. The van der Waals surface area contributed by atoms with Crippen molar-refractivity contribution >= 4 is 17.0 Å². The van der Waals surface area contributed by atoms with Crippen LogP contribution in [0, 0.1) is 11.8 Å². The van der Waals surface area contributed by atoms with Crippen LogP contribution in [0.15, 0.2) is 40.8 Å². The number of hydrogen-bond acceptors (Lipinski definition) is 4. The number of nitrogens with zero attached hydrogens (tertiary/aromatic N) is 3. The number of aromatic nitrogens is 2. The van der Waals surface area contributed by atoms with Gasteiger partial charge in [-0.3, -0.25) is 4.79 Å². The number of carbonyl (C=O) groups is 1. The third-order valence-corrected chi connectivity index (χ3v) is 8.28. The molecular formula is C25H29N3O3.